The van der Waals surface area contributed by atoms with Crippen molar-refractivity contribution in [1.82, 2.24) is 15.2 Å². The van der Waals surface area contributed by atoms with Gasteiger partial charge in [0.15, 0.2) is 11.5 Å². The molecule has 0 bridgehead atoms. The molecule has 34 heavy (non-hydrogen) atoms. The minimum absolute atomic E-state index is 0.210. The maximum Gasteiger partial charge on any atom is 0.304 e. The minimum Gasteiger partial charge on any atom is -0.493 e. The van der Waals surface area contributed by atoms with E-state index in [1.807, 2.05) is 55.4 Å². The summed E-state index contributed by atoms with van der Waals surface area (Å²) in [5, 5.41) is 13.2. The standard InChI is InChI=1S/C25H29N3O5S/c1-28(2)8-9-33-20-10-18-21(11-19(20)32-3)34-22(27-18)15-26-24(31)25(14-23(29)30)12-16-6-4-5-7-17(16)13-25/h4-7,10-11H,8-9,12-15H2,1-3H3,(H,26,31)(H,29,30). The number of carbonyl (C=O) groups is 2. The van der Waals surface area contributed by atoms with Crippen LogP contribution in [0.15, 0.2) is 36.4 Å². The number of hydrogen-bond donors (Lipinski definition) is 2. The van der Waals surface area contributed by atoms with Gasteiger partial charge in [0.2, 0.25) is 5.91 Å². The Kier molecular flexibility index (Phi) is 7.04. The zero-order valence-corrected chi connectivity index (χ0v) is 20.4. The first-order chi connectivity index (χ1) is 16.3. The summed E-state index contributed by atoms with van der Waals surface area (Å²) < 4.78 is 12.3. The Morgan fingerprint density at radius 2 is 1.88 bits per heavy atom. The Morgan fingerprint density at radius 3 is 2.50 bits per heavy atom. The third-order valence-electron chi connectivity index (χ3n) is 6.06. The first-order valence-electron chi connectivity index (χ1n) is 11.1. The van der Waals surface area contributed by atoms with Gasteiger partial charge in [-0.25, -0.2) is 4.98 Å². The SMILES string of the molecule is COc1cc2sc(CNC(=O)C3(CC(=O)O)Cc4ccccc4C3)nc2cc1OCCN(C)C. The van der Waals surface area contributed by atoms with E-state index in [2.05, 4.69) is 10.3 Å². The van der Waals surface area contributed by atoms with Gasteiger partial charge in [0, 0.05) is 18.7 Å². The van der Waals surface area contributed by atoms with E-state index >= 15 is 0 Å². The number of hydrogen-bond acceptors (Lipinski definition) is 7. The number of likely N-dealkylation sites (N-methyl/N-ethyl adjacent to an activating group) is 1. The molecule has 0 radical (unpaired) electrons. The molecule has 4 rings (SSSR count). The van der Waals surface area contributed by atoms with Gasteiger partial charge in [-0.1, -0.05) is 24.3 Å². The van der Waals surface area contributed by atoms with Crippen molar-refractivity contribution < 1.29 is 24.2 Å². The molecule has 0 fully saturated rings. The lowest BCUT2D eigenvalue weighted by molar-refractivity contribution is -0.145. The van der Waals surface area contributed by atoms with Gasteiger partial charge < -0.3 is 24.8 Å². The van der Waals surface area contributed by atoms with E-state index in [-0.39, 0.29) is 18.9 Å². The third-order valence-corrected chi connectivity index (χ3v) is 7.08. The van der Waals surface area contributed by atoms with Crippen molar-refractivity contribution in [2.75, 3.05) is 34.4 Å². The summed E-state index contributed by atoms with van der Waals surface area (Å²) in [5.41, 5.74) is 1.85. The maximum atomic E-state index is 13.2. The van der Waals surface area contributed by atoms with Gasteiger partial charge in [0.25, 0.3) is 0 Å². The van der Waals surface area contributed by atoms with Crippen molar-refractivity contribution >= 4 is 33.4 Å². The van der Waals surface area contributed by atoms with Crippen LogP contribution in [0.4, 0.5) is 0 Å². The minimum atomic E-state index is -0.983. The van der Waals surface area contributed by atoms with Crippen molar-refractivity contribution in [1.29, 1.82) is 0 Å². The number of carboxylic acids is 1. The largest absolute Gasteiger partial charge is 0.493 e. The van der Waals surface area contributed by atoms with Crippen LogP contribution < -0.4 is 14.8 Å². The zero-order chi connectivity index (χ0) is 24.3. The highest BCUT2D eigenvalue weighted by atomic mass is 32.1. The summed E-state index contributed by atoms with van der Waals surface area (Å²) >= 11 is 1.46. The molecule has 3 aromatic rings. The van der Waals surface area contributed by atoms with Gasteiger partial charge >= 0.3 is 5.97 Å². The number of carboxylic acid groups (broad SMARTS) is 1. The first kappa shape index (κ1) is 24.0. The molecule has 9 heteroatoms. The highest BCUT2D eigenvalue weighted by molar-refractivity contribution is 7.18. The van der Waals surface area contributed by atoms with Crippen molar-refractivity contribution in [2.45, 2.75) is 25.8 Å². The summed E-state index contributed by atoms with van der Waals surface area (Å²) in [6.07, 6.45) is 0.635. The Balaban J connectivity index is 1.48. The molecule has 180 valence electrons. The van der Waals surface area contributed by atoms with E-state index in [1.165, 1.54) is 11.3 Å². The van der Waals surface area contributed by atoms with Crippen LogP contribution >= 0.6 is 11.3 Å². The molecule has 0 aliphatic heterocycles. The van der Waals surface area contributed by atoms with Crippen molar-refractivity contribution in [3.63, 3.8) is 0 Å². The van der Waals surface area contributed by atoms with E-state index in [9.17, 15) is 14.7 Å². The summed E-state index contributed by atoms with van der Waals surface area (Å²) in [7, 11) is 5.56. The Labute approximate surface area is 202 Å². The number of carbonyl (C=O) groups excluding carboxylic acids is 1. The third kappa shape index (κ3) is 5.15. The molecule has 0 spiro atoms. The summed E-state index contributed by atoms with van der Waals surface area (Å²) in [4.78, 5) is 31.5. The van der Waals surface area contributed by atoms with Crippen molar-refractivity contribution in [2.24, 2.45) is 5.41 Å². The molecule has 0 saturated heterocycles. The number of fused-ring (bicyclic) bond motifs is 2. The molecule has 0 unspecified atom stereocenters. The fraction of sp³-hybridized carbons (Fsp3) is 0.400. The van der Waals surface area contributed by atoms with Crippen molar-refractivity contribution in [3.8, 4) is 11.5 Å². The predicted octanol–water partition coefficient (Wildman–Crippen LogP) is 3.12. The molecule has 0 atom stereocenters. The van der Waals surface area contributed by atoms with E-state index in [4.69, 9.17) is 9.47 Å². The quantitative estimate of drug-likeness (QED) is 0.457. The van der Waals surface area contributed by atoms with Crippen LogP contribution in [0.3, 0.4) is 0 Å². The van der Waals surface area contributed by atoms with Gasteiger partial charge in [0.05, 0.1) is 35.7 Å². The molecule has 2 aromatic carbocycles. The number of nitrogens with zero attached hydrogens (tertiary/aromatic N) is 2. The Hall–Kier alpha value is -3.17. The normalized spacial score (nSPS) is 14.2. The second-order valence-corrected chi connectivity index (χ2v) is 10.0. The van der Waals surface area contributed by atoms with Crippen LogP contribution in [-0.4, -0.2) is 61.2 Å². The number of benzene rings is 2. The van der Waals surface area contributed by atoms with Crippen molar-refractivity contribution in [3.05, 3.63) is 52.5 Å². The lowest BCUT2D eigenvalue weighted by Gasteiger charge is -2.25. The van der Waals surface area contributed by atoms with Crippen LogP contribution in [0.1, 0.15) is 22.6 Å². The van der Waals surface area contributed by atoms with E-state index < -0.39 is 11.4 Å². The smallest absolute Gasteiger partial charge is 0.304 e. The molecular formula is C25H29N3O5S. The van der Waals surface area contributed by atoms with Gasteiger partial charge in [-0.05, 0) is 38.1 Å². The number of aromatic nitrogens is 1. The Bertz CT molecular complexity index is 1180. The molecular weight excluding hydrogens is 454 g/mol. The second-order valence-electron chi connectivity index (χ2n) is 8.89. The predicted molar refractivity (Wildman–Crippen MR) is 131 cm³/mol. The van der Waals surface area contributed by atoms with E-state index in [0.717, 1.165) is 32.9 Å². The molecule has 1 amide bonds. The van der Waals surface area contributed by atoms with Crippen LogP contribution in [0.2, 0.25) is 0 Å². The Morgan fingerprint density at radius 1 is 1.18 bits per heavy atom. The number of amides is 1. The highest BCUT2D eigenvalue weighted by Crippen LogP contribution is 2.40. The molecule has 1 heterocycles. The molecule has 1 aliphatic carbocycles. The van der Waals surface area contributed by atoms with Crippen LogP contribution in [-0.2, 0) is 29.0 Å². The number of rotatable bonds is 10. The number of ether oxygens (including phenoxy) is 2. The van der Waals surface area contributed by atoms with Crippen LogP contribution in [0.25, 0.3) is 10.2 Å². The average molecular weight is 484 g/mol. The number of methoxy groups -OCH3 is 1. The molecule has 2 N–H and O–H groups in total. The molecule has 0 saturated carbocycles. The van der Waals surface area contributed by atoms with Crippen LogP contribution in [0, 0.1) is 5.41 Å². The lowest BCUT2D eigenvalue weighted by Crippen LogP contribution is -2.43. The number of aliphatic carboxylic acids is 1. The average Bonchev–Trinajstić information content (AvgIpc) is 3.36. The molecule has 1 aliphatic rings. The molecule has 1 aromatic heterocycles. The summed E-state index contributed by atoms with van der Waals surface area (Å²) in [6.45, 7) is 1.53. The van der Waals surface area contributed by atoms with Crippen LogP contribution in [0.5, 0.6) is 11.5 Å². The molecule has 8 nitrogen and oxygen atoms in total. The van der Waals surface area contributed by atoms with Gasteiger partial charge in [-0.15, -0.1) is 11.3 Å². The van der Waals surface area contributed by atoms with Gasteiger partial charge in [-0.3, -0.25) is 9.59 Å². The fourth-order valence-corrected chi connectivity index (χ4v) is 5.28. The van der Waals surface area contributed by atoms with E-state index in [1.54, 1.807) is 7.11 Å². The highest BCUT2D eigenvalue weighted by Gasteiger charge is 2.45. The monoisotopic (exact) mass is 483 g/mol. The number of thiazole rings is 1. The fourth-order valence-electron chi connectivity index (χ4n) is 4.36. The second kappa shape index (κ2) is 9.99. The lowest BCUT2D eigenvalue weighted by atomic mass is 9.80. The van der Waals surface area contributed by atoms with E-state index in [0.29, 0.717) is 30.9 Å². The van der Waals surface area contributed by atoms with Gasteiger partial charge in [-0.2, -0.15) is 0 Å². The zero-order valence-electron chi connectivity index (χ0n) is 19.6. The number of nitrogens with one attached hydrogen (secondary N) is 1. The topological polar surface area (TPSA) is 101 Å². The summed E-state index contributed by atoms with van der Waals surface area (Å²) in [6, 6.07) is 11.5. The first-order valence-corrected chi connectivity index (χ1v) is 11.9. The summed E-state index contributed by atoms with van der Waals surface area (Å²) in [5.74, 6) is 0.0315. The van der Waals surface area contributed by atoms with Gasteiger partial charge in [0.1, 0.15) is 11.6 Å². The maximum absolute atomic E-state index is 13.2.